The number of rotatable bonds is 47. The van der Waals surface area contributed by atoms with Crippen LogP contribution in [0.2, 0.25) is 0 Å². The first-order valence-electron chi connectivity index (χ1n) is 33.1. The average Bonchev–Trinajstić information content (AvgIpc) is 1.58. The molecule has 8 atom stereocenters. The van der Waals surface area contributed by atoms with E-state index in [1.807, 2.05) is 0 Å². The van der Waals surface area contributed by atoms with E-state index in [4.69, 9.17) is 36.6 Å². The zero-order valence-corrected chi connectivity index (χ0v) is 56.7. The number of imidazole rings is 1. The van der Waals surface area contributed by atoms with Crippen molar-refractivity contribution in [1.29, 1.82) is 5.41 Å². The number of nitrogens with two attached hydrogens (primary N) is 2. The lowest BCUT2D eigenvalue weighted by molar-refractivity contribution is -0.142. The lowest BCUT2D eigenvalue weighted by Gasteiger charge is -2.30. The number of carbonyl (C=O) groups is 12. The number of fused-ring (bicyclic) bond motifs is 1. The normalized spacial score (nSPS) is 14.6. The van der Waals surface area contributed by atoms with Gasteiger partial charge in [-0.25, -0.2) is 4.98 Å². The van der Waals surface area contributed by atoms with Crippen LogP contribution in [0.4, 0.5) is 0 Å². The summed E-state index contributed by atoms with van der Waals surface area (Å²) >= 11 is 0. The number of primary amides is 1. The van der Waals surface area contributed by atoms with Crippen molar-refractivity contribution < 1.29 is 87.1 Å². The molecule has 3 heterocycles. The number of benzene rings is 2. The van der Waals surface area contributed by atoms with E-state index < -0.39 is 152 Å². The number of aliphatic carboxylic acids is 1. The fraction of sp³-hybridized carbons (Fsp3) is 0.531. The number of aromatic amines is 2. The summed E-state index contributed by atoms with van der Waals surface area (Å²) in [5, 5.41) is 67.4. The fourth-order valence-corrected chi connectivity index (χ4v) is 10.7. The minimum Gasteiger partial charge on any atom is -0.508 e. The van der Waals surface area contributed by atoms with Gasteiger partial charge in [-0.2, -0.15) is 0 Å². The molecule has 0 spiro atoms. The van der Waals surface area contributed by atoms with Gasteiger partial charge in [-0.05, 0) is 79.3 Å². The highest BCUT2D eigenvalue weighted by Gasteiger charge is 2.39. The highest BCUT2D eigenvalue weighted by molar-refractivity contribution is 5.99. The van der Waals surface area contributed by atoms with E-state index in [1.54, 1.807) is 44.3 Å². The number of carbonyl (C=O) groups excluding carboxylic acids is 11. The molecule has 2 aromatic carbocycles. The molecule has 11 amide bonds. The number of phenolic OH excluding ortho intramolecular Hbond substituents is 1. The Labute approximate surface area is 585 Å². The van der Waals surface area contributed by atoms with Gasteiger partial charge in [0.1, 0.15) is 54.1 Å². The first kappa shape index (κ1) is 81.7. The summed E-state index contributed by atoms with van der Waals surface area (Å²) in [6.07, 6.45) is 3.05. The molecule has 1 saturated heterocycles. The Hall–Kier alpha value is -10.9. The molecule has 4 aromatic rings. The van der Waals surface area contributed by atoms with E-state index in [-0.39, 0.29) is 134 Å². The Morgan fingerprint density at radius 2 is 1.29 bits per heavy atom. The second-order valence-corrected chi connectivity index (χ2v) is 24.1. The summed E-state index contributed by atoms with van der Waals surface area (Å²) in [4.78, 5) is 178. The number of aliphatic hydroxyl groups excluding tert-OH is 1. The van der Waals surface area contributed by atoms with Crippen LogP contribution in [0.25, 0.3) is 21.3 Å². The summed E-state index contributed by atoms with van der Waals surface area (Å²) in [7, 11) is 0. The van der Waals surface area contributed by atoms with Crippen LogP contribution in [0.3, 0.4) is 0 Å². The Kier molecular flexibility index (Phi) is 34.9. The molecule has 556 valence electrons. The van der Waals surface area contributed by atoms with Gasteiger partial charge in [0.2, 0.25) is 65.0 Å². The van der Waals surface area contributed by atoms with E-state index in [1.165, 1.54) is 41.7 Å². The number of aromatic nitrogens is 3. The Morgan fingerprint density at radius 3 is 1.93 bits per heavy atom. The second kappa shape index (κ2) is 43.6. The molecule has 0 saturated carbocycles. The predicted octanol–water partition coefficient (Wildman–Crippen LogP) is -3.36. The number of nitrogens with one attached hydrogen (secondary N) is 13. The molecule has 2 aromatic heterocycles. The number of carboxylic acid groups (broad SMARTS) is 1. The zero-order valence-electron chi connectivity index (χ0n) is 56.7. The van der Waals surface area contributed by atoms with Gasteiger partial charge in [0.05, 0.1) is 71.4 Å². The number of para-hydroxylation sites is 1. The van der Waals surface area contributed by atoms with Crippen molar-refractivity contribution in [2.75, 3.05) is 79.0 Å². The number of likely N-dealkylation sites (tertiary alicyclic amines) is 1. The number of aliphatic hydroxyl groups is 1. The van der Waals surface area contributed by atoms with Crippen molar-refractivity contribution in [2.24, 2.45) is 22.5 Å². The van der Waals surface area contributed by atoms with E-state index in [0.717, 1.165) is 0 Å². The maximum atomic E-state index is 14.7. The van der Waals surface area contributed by atoms with Crippen LogP contribution in [0, 0.1) is 11.3 Å². The first-order valence-corrected chi connectivity index (χ1v) is 33.1. The molecule has 5 rings (SSSR count). The number of carboxylic acids is 1. The standard InChI is InChI=1S/C64H92N20O18/c1-37(2)27-46(58(94)78-45(9-5-18-70-64(66)67)63(99)84-20-6-10-51(84)62(98)72-33-52(65)87)77-54(89)34-73-56(92)47(28-38-11-13-41(86)14-12-38)79-61(97)50(35-85)82-59(95)48(29-39-31-71-43-8-4-3-7-42(39)43)80-60(96)49(30-40-32-69-36-74-40)81-57(93)44(15-16-55(90)91)76-53(88)17-21-100-23-25-102-26-24-101-22-19-75-83-68/h3-4,7-8,11-14,31-32,36-37,44-51,71,85-86H,5-6,9-10,15-30,33-35H2,1-2H3,(H2,65,87)(H,69,74)(H,72,98)(H,73,92)(H,76,88)(H,77,89)(H,78,94)(H,79,97)(H,80,96)(H,81,93)(H,82,95)(H,90,91)(H4,66,67,70). The van der Waals surface area contributed by atoms with Crippen molar-refractivity contribution in [3.63, 3.8) is 0 Å². The molecule has 1 aliphatic rings. The summed E-state index contributed by atoms with van der Waals surface area (Å²) in [5.41, 5.74) is 20.8. The molecular formula is C64H92N20O18. The number of aromatic hydroxyl groups is 1. The molecular weight excluding hydrogens is 1340 g/mol. The molecule has 0 bridgehead atoms. The molecule has 38 nitrogen and oxygen atoms in total. The summed E-state index contributed by atoms with van der Waals surface area (Å²) in [6, 6.07) is 0.813. The molecule has 8 unspecified atom stereocenters. The SMILES string of the molecule is CC(C)CC(NC(=O)CNC(=O)C(Cc1ccc(O)cc1)NC(=O)C(CO)NC(=O)C(Cc1c[nH]c2ccccc12)NC(=O)C(Cc1c[nH]cn1)NC(=O)C(CCC(=O)O)NC(=O)CCOCCOCCOCCN=[N+]=[N-])C(=O)NC(CCCNC(=N)N)C(=O)N1CCCC1C(=O)NCC(N)=O. The van der Waals surface area contributed by atoms with Crippen molar-refractivity contribution >= 4 is 87.8 Å². The van der Waals surface area contributed by atoms with Crippen LogP contribution in [-0.4, -0.2) is 239 Å². The summed E-state index contributed by atoms with van der Waals surface area (Å²) < 4.78 is 16.1. The number of H-pyrrole nitrogens is 2. The van der Waals surface area contributed by atoms with Gasteiger partial charge < -0.3 is 109 Å². The molecule has 1 aliphatic heterocycles. The molecule has 0 aliphatic carbocycles. The summed E-state index contributed by atoms with van der Waals surface area (Å²) in [5.74, 6) is -11.6. The van der Waals surface area contributed by atoms with E-state index >= 15 is 0 Å². The molecule has 102 heavy (non-hydrogen) atoms. The number of ether oxygens (including phenoxy) is 3. The Bertz CT molecular complexity index is 3510. The van der Waals surface area contributed by atoms with Crippen molar-refractivity contribution in [1.82, 2.24) is 73.0 Å². The Balaban J connectivity index is 1.31. The smallest absolute Gasteiger partial charge is 0.303 e. The monoisotopic (exact) mass is 1430 g/mol. The maximum absolute atomic E-state index is 14.7. The highest BCUT2D eigenvalue weighted by atomic mass is 16.5. The topological polar surface area (TPSA) is 586 Å². The van der Waals surface area contributed by atoms with Crippen molar-refractivity contribution in [3.05, 3.63) is 94.5 Å². The van der Waals surface area contributed by atoms with Crippen molar-refractivity contribution in [3.8, 4) is 5.75 Å². The van der Waals surface area contributed by atoms with Crippen LogP contribution in [0.1, 0.15) is 82.0 Å². The number of azide groups is 1. The molecule has 38 heteroatoms. The average molecular weight is 1430 g/mol. The minimum atomic E-state index is -1.85. The fourth-order valence-electron chi connectivity index (χ4n) is 10.7. The van der Waals surface area contributed by atoms with Crippen molar-refractivity contribution in [2.45, 2.75) is 133 Å². The second-order valence-electron chi connectivity index (χ2n) is 24.1. The van der Waals surface area contributed by atoms with Gasteiger partial charge in [0.15, 0.2) is 5.96 Å². The van der Waals surface area contributed by atoms with E-state index in [0.29, 0.717) is 28.5 Å². The minimum absolute atomic E-state index is 0.00646. The number of amides is 11. The van der Waals surface area contributed by atoms with Crippen LogP contribution in [-0.2, 0) is 91.0 Å². The molecule has 0 radical (unpaired) electrons. The summed E-state index contributed by atoms with van der Waals surface area (Å²) in [6.45, 7) is 2.41. The van der Waals surface area contributed by atoms with Gasteiger partial charge in [0.25, 0.3) is 0 Å². The largest absolute Gasteiger partial charge is 0.508 e. The van der Waals surface area contributed by atoms with Crippen LogP contribution in [0.15, 0.2) is 72.4 Å². The third-order valence-corrected chi connectivity index (χ3v) is 15.7. The van der Waals surface area contributed by atoms with Crippen LogP contribution in [0.5, 0.6) is 5.75 Å². The quantitative estimate of drug-likeness (QED) is 0.00513. The molecule has 20 N–H and O–H groups in total. The van der Waals surface area contributed by atoms with Gasteiger partial charge in [0, 0.05) is 79.9 Å². The van der Waals surface area contributed by atoms with E-state index in [2.05, 4.69) is 78.1 Å². The number of hydrogen-bond donors (Lipinski definition) is 18. The first-order chi connectivity index (χ1) is 48.8. The zero-order chi connectivity index (χ0) is 74.5. The third kappa shape index (κ3) is 29.1. The van der Waals surface area contributed by atoms with Gasteiger partial charge in [-0.3, -0.25) is 62.9 Å². The van der Waals surface area contributed by atoms with Gasteiger partial charge >= 0.3 is 5.97 Å². The van der Waals surface area contributed by atoms with Gasteiger partial charge in [-0.15, -0.1) is 0 Å². The molecule has 1 fully saturated rings. The lowest BCUT2D eigenvalue weighted by atomic mass is 10.0. The maximum Gasteiger partial charge on any atom is 0.303 e. The Morgan fingerprint density at radius 1 is 0.686 bits per heavy atom. The third-order valence-electron chi connectivity index (χ3n) is 15.7. The predicted molar refractivity (Wildman–Crippen MR) is 363 cm³/mol. The van der Waals surface area contributed by atoms with Crippen LogP contribution >= 0.6 is 0 Å². The van der Waals surface area contributed by atoms with E-state index in [9.17, 15) is 72.9 Å². The number of nitrogens with zero attached hydrogens (tertiary/aromatic N) is 5. The number of phenols is 1. The number of guanidine groups is 1. The van der Waals surface area contributed by atoms with Gasteiger partial charge in [-0.1, -0.05) is 49.3 Å². The number of hydrogen-bond acceptors (Lipinski definition) is 20. The lowest BCUT2D eigenvalue weighted by Crippen LogP contribution is -2.61. The highest BCUT2D eigenvalue weighted by Crippen LogP contribution is 2.22. The van der Waals surface area contributed by atoms with Crippen LogP contribution < -0.4 is 64.6 Å².